The molecule has 0 aromatic carbocycles. The molecule has 1 saturated carbocycles. The highest BCUT2D eigenvalue weighted by molar-refractivity contribution is 6.74. The Morgan fingerprint density at radius 2 is 1.79 bits per heavy atom. The highest BCUT2D eigenvalue weighted by Gasteiger charge is 2.52. The molecule has 3 rings (SSSR count). The van der Waals surface area contributed by atoms with Crippen molar-refractivity contribution in [2.75, 3.05) is 0 Å². The minimum Gasteiger partial charge on any atom is -0.487 e. The lowest BCUT2D eigenvalue weighted by molar-refractivity contribution is -0.145. The number of hydrogen-bond acceptors (Lipinski definition) is 4. The zero-order valence-electron chi connectivity index (χ0n) is 18.3. The Labute approximate surface area is 170 Å². The summed E-state index contributed by atoms with van der Waals surface area (Å²) in [6.07, 6.45) is 7.98. The van der Waals surface area contributed by atoms with Gasteiger partial charge in [0.05, 0.1) is 24.2 Å². The van der Waals surface area contributed by atoms with Crippen molar-refractivity contribution in [1.29, 1.82) is 0 Å². The van der Waals surface area contributed by atoms with Crippen molar-refractivity contribution in [3.05, 3.63) is 11.8 Å². The van der Waals surface area contributed by atoms with Gasteiger partial charge < -0.3 is 14.5 Å². The summed E-state index contributed by atoms with van der Waals surface area (Å²) in [6, 6.07) is -0.143. The number of Topliss-reactive ketones (excluding diaryl/α,β-unsaturated/α-hetero) is 1. The third-order valence-electron chi connectivity index (χ3n) is 7.21. The van der Waals surface area contributed by atoms with Crippen molar-refractivity contribution in [2.24, 2.45) is 11.8 Å². The Hall–Kier alpha value is -1.14. The first-order valence-corrected chi connectivity index (χ1v) is 13.8. The molecule has 0 radical (unpaired) electrons. The van der Waals surface area contributed by atoms with Crippen LogP contribution in [0.3, 0.4) is 0 Å². The molecule has 2 fully saturated rings. The zero-order chi connectivity index (χ0) is 20.7. The molecule has 3 aliphatic rings. The van der Waals surface area contributed by atoms with Gasteiger partial charge in [-0.25, -0.2) is 0 Å². The van der Waals surface area contributed by atoms with Gasteiger partial charge in [0.25, 0.3) is 0 Å². The lowest BCUT2D eigenvalue weighted by Gasteiger charge is -2.47. The van der Waals surface area contributed by atoms with Gasteiger partial charge in [0, 0.05) is 5.92 Å². The molecular weight excluding hydrogens is 370 g/mol. The number of hydrogen-bond donors (Lipinski definition) is 1. The van der Waals surface area contributed by atoms with Crippen LogP contribution in [0, 0.1) is 11.8 Å². The number of rotatable bonds is 6. The molecular formula is C22H37NO4Si. The van der Waals surface area contributed by atoms with Crippen LogP contribution in [0.25, 0.3) is 0 Å². The van der Waals surface area contributed by atoms with Crippen LogP contribution in [-0.4, -0.2) is 38.3 Å². The van der Waals surface area contributed by atoms with E-state index in [1.165, 1.54) is 12.8 Å². The molecule has 1 saturated heterocycles. The summed E-state index contributed by atoms with van der Waals surface area (Å²) in [6.45, 7) is 13.0. The summed E-state index contributed by atoms with van der Waals surface area (Å²) < 4.78 is 12.5. The van der Waals surface area contributed by atoms with Crippen LogP contribution in [0.2, 0.25) is 18.1 Å². The Balaban J connectivity index is 1.66. The molecule has 158 valence electrons. The highest BCUT2D eigenvalue weighted by atomic mass is 28.4. The van der Waals surface area contributed by atoms with Crippen LogP contribution in [0.15, 0.2) is 11.8 Å². The molecule has 1 N–H and O–H groups in total. The van der Waals surface area contributed by atoms with E-state index >= 15 is 0 Å². The molecule has 1 amide bonds. The fraction of sp³-hybridized carbons (Fsp3) is 0.818. The Morgan fingerprint density at radius 3 is 2.36 bits per heavy atom. The standard InChI is InChI=1S/C22H37NO4Si/c1-14(27-28(5,6)22(2,3)4)18-19(23-21(18)25)16-12-9-13-17(20(16)24)26-15-10-7-8-11-15/h13-16,18-19H,7-12H2,1-6H3,(H,23,25)/t14-,16+,18-,19-/m1/s1. The highest BCUT2D eigenvalue weighted by Crippen LogP contribution is 2.41. The predicted octanol–water partition coefficient (Wildman–Crippen LogP) is 4.33. The molecule has 1 heterocycles. The quantitative estimate of drug-likeness (QED) is 0.526. The zero-order valence-corrected chi connectivity index (χ0v) is 19.3. The maximum absolute atomic E-state index is 13.1. The van der Waals surface area contributed by atoms with Gasteiger partial charge in [-0.2, -0.15) is 0 Å². The van der Waals surface area contributed by atoms with Crippen molar-refractivity contribution in [1.82, 2.24) is 5.32 Å². The van der Waals surface area contributed by atoms with E-state index in [1.54, 1.807) is 0 Å². The molecule has 0 bridgehead atoms. The summed E-state index contributed by atoms with van der Waals surface area (Å²) >= 11 is 0. The van der Waals surface area contributed by atoms with E-state index in [1.807, 2.05) is 13.0 Å². The first-order valence-electron chi connectivity index (χ1n) is 10.9. The number of ether oxygens (including phenoxy) is 1. The maximum Gasteiger partial charge on any atom is 0.228 e. The number of ketones is 1. The van der Waals surface area contributed by atoms with Crippen LogP contribution >= 0.6 is 0 Å². The SMILES string of the molecule is C[C@@H](O[Si](C)(C)C(C)(C)C)[C@H]1C(=O)N[C@@H]1[C@@H]1CCC=C(OC2CCCC2)C1=O. The third kappa shape index (κ3) is 4.23. The van der Waals surface area contributed by atoms with Crippen molar-refractivity contribution < 1.29 is 18.8 Å². The van der Waals surface area contributed by atoms with Crippen LogP contribution < -0.4 is 5.32 Å². The van der Waals surface area contributed by atoms with Gasteiger partial charge >= 0.3 is 0 Å². The minimum absolute atomic E-state index is 0.0109. The normalized spacial score (nSPS) is 30.5. The second kappa shape index (κ2) is 7.94. The molecule has 28 heavy (non-hydrogen) atoms. The monoisotopic (exact) mass is 407 g/mol. The molecule has 4 atom stereocenters. The number of carbonyl (C=O) groups is 2. The number of carbonyl (C=O) groups excluding carboxylic acids is 2. The van der Waals surface area contributed by atoms with Crippen LogP contribution in [0.5, 0.6) is 0 Å². The maximum atomic E-state index is 13.1. The van der Waals surface area contributed by atoms with E-state index in [-0.39, 0.29) is 46.8 Å². The second-order valence-electron chi connectivity index (χ2n) is 10.3. The molecule has 0 aromatic rings. The van der Waals surface area contributed by atoms with Gasteiger partial charge in [0.2, 0.25) is 11.7 Å². The number of amides is 1. The summed E-state index contributed by atoms with van der Waals surface area (Å²) in [5.74, 6) is 0.147. The summed E-state index contributed by atoms with van der Waals surface area (Å²) in [5, 5.41) is 3.09. The van der Waals surface area contributed by atoms with Gasteiger partial charge in [-0.15, -0.1) is 0 Å². The summed E-state index contributed by atoms with van der Waals surface area (Å²) in [5.41, 5.74) is 0. The largest absolute Gasteiger partial charge is 0.487 e. The lowest BCUT2D eigenvalue weighted by atomic mass is 9.73. The smallest absolute Gasteiger partial charge is 0.228 e. The Morgan fingerprint density at radius 1 is 1.14 bits per heavy atom. The average molecular weight is 408 g/mol. The number of nitrogens with one attached hydrogen (secondary N) is 1. The molecule has 2 aliphatic carbocycles. The van der Waals surface area contributed by atoms with E-state index in [9.17, 15) is 9.59 Å². The summed E-state index contributed by atoms with van der Waals surface area (Å²) in [4.78, 5) is 25.5. The summed E-state index contributed by atoms with van der Waals surface area (Å²) in [7, 11) is -1.98. The van der Waals surface area contributed by atoms with Gasteiger partial charge in [-0.1, -0.05) is 20.8 Å². The molecule has 5 nitrogen and oxygen atoms in total. The third-order valence-corrected chi connectivity index (χ3v) is 11.8. The van der Waals surface area contributed by atoms with Gasteiger partial charge in [-0.05, 0) is 69.7 Å². The van der Waals surface area contributed by atoms with Crippen molar-refractivity contribution >= 4 is 20.0 Å². The fourth-order valence-corrected chi connectivity index (χ4v) is 5.86. The first kappa shape index (κ1) is 21.6. The molecule has 0 unspecified atom stereocenters. The number of β-lactam (4-membered cyclic amide) rings is 1. The van der Waals surface area contributed by atoms with Crippen LogP contribution in [0.1, 0.15) is 66.2 Å². The molecule has 1 aliphatic heterocycles. The van der Waals surface area contributed by atoms with E-state index in [0.29, 0.717) is 5.76 Å². The first-order chi connectivity index (χ1) is 13.0. The number of allylic oxidation sites excluding steroid dienone is 2. The minimum atomic E-state index is -1.98. The predicted molar refractivity (Wildman–Crippen MR) is 112 cm³/mol. The van der Waals surface area contributed by atoms with E-state index < -0.39 is 8.32 Å². The van der Waals surface area contributed by atoms with E-state index in [2.05, 4.69) is 39.2 Å². The van der Waals surface area contributed by atoms with E-state index in [4.69, 9.17) is 9.16 Å². The van der Waals surface area contributed by atoms with Gasteiger partial charge in [0.15, 0.2) is 14.1 Å². The second-order valence-corrected chi connectivity index (χ2v) is 15.0. The van der Waals surface area contributed by atoms with Gasteiger partial charge in [-0.3, -0.25) is 9.59 Å². The van der Waals surface area contributed by atoms with Crippen LogP contribution in [-0.2, 0) is 18.8 Å². The topological polar surface area (TPSA) is 64.6 Å². The van der Waals surface area contributed by atoms with Gasteiger partial charge in [0.1, 0.15) is 0 Å². The Bertz CT molecular complexity index is 645. The molecule has 6 heteroatoms. The van der Waals surface area contributed by atoms with Crippen molar-refractivity contribution in [3.63, 3.8) is 0 Å². The van der Waals surface area contributed by atoms with Crippen molar-refractivity contribution in [3.8, 4) is 0 Å². The van der Waals surface area contributed by atoms with Crippen LogP contribution in [0.4, 0.5) is 0 Å². The average Bonchev–Trinajstić information content (AvgIpc) is 3.06. The lowest BCUT2D eigenvalue weighted by Crippen LogP contribution is -2.67. The van der Waals surface area contributed by atoms with Crippen molar-refractivity contribution in [2.45, 2.75) is 103 Å². The molecule has 0 aromatic heterocycles. The van der Waals surface area contributed by atoms with E-state index in [0.717, 1.165) is 25.7 Å². The Kier molecular flexibility index (Phi) is 6.11. The molecule has 0 spiro atoms. The fourth-order valence-electron chi connectivity index (χ4n) is 4.43.